The number of non-ortho nitro benzene ring substituents is 1. The monoisotopic (exact) mass is 495 g/mol. The van der Waals surface area contributed by atoms with Gasteiger partial charge < -0.3 is 5.32 Å². The van der Waals surface area contributed by atoms with Crippen LogP contribution < -0.4 is 5.32 Å². The van der Waals surface area contributed by atoms with E-state index in [2.05, 4.69) is 21.2 Å². The van der Waals surface area contributed by atoms with E-state index in [9.17, 15) is 23.3 Å². The molecular formula is C20H22BrN3O5S. The zero-order chi connectivity index (χ0) is 22.1. The second-order valence-electron chi connectivity index (χ2n) is 7.33. The number of nitro benzene ring substituents is 1. The lowest BCUT2D eigenvalue weighted by Crippen LogP contribution is -2.41. The molecule has 1 N–H and O–H groups in total. The van der Waals surface area contributed by atoms with Crippen LogP contribution in [0.15, 0.2) is 45.8 Å². The van der Waals surface area contributed by atoms with Gasteiger partial charge in [-0.25, -0.2) is 8.42 Å². The summed E-state index contributed by atoms with van der Waals surface area (Å²) in [6.07, 6.45) is 0.762. The molecule has 1 amide bonds. The molecule has 1 heterocycles. The number of carbonyl (C=O) groups excluding carboxylic acids is 1. The summed E-state index contributed by atoms with van der Waals surface area (Å²) in [5.74, 6) is -0.444. The number of carbonyl (C=O) groups is 1. The van der Waals surface area contributed by atoms with Crippen LogP contribution in [-0.2, 0) is 14.8 Å². The average Bonchev–Trinajstić information content (AvgIpc) is 2.70. The summed E-state index contributed by atoms with van der Waals surface area (Å²) in [6, 6.07) is 9.44. The highest BCUT2D eigenvalue weighted by Gasteiger charge is 2.33. The summed E-state index contributed by atoms with van der Waals surface area (Å²) in [4.78, 5) is 23.0. The molecule has 0 radical (unpaired) electrons. The Bertz CT molecular complexity index is 1100. The number of nitrogens with one attached hydrogen (secondary N) is 1. The van der Waals surface area contributed by atoms with Gasteiger partial charge in [0, 0.05) is 41.3 Å². The van der Waals surface area contributed by atoms with E-state index in [0.29, 0.717) is 18.4 Å². The molecule has 0 bridgehead atoms. The van der Waals surface area contributed by atoms with E-state index in [0.717, 1.165) is 21.8 Å². The summed E-state index contributed by atoms with van der Waals surface area (Å²) in [5.41, 5.74) is 1.84. The molecule has 0 spiro atoms. The van der Waals surface area contributed by atoms with E-state index in [1.807, 2.05) is 25.1 Å². The Hall–Kier alpha value is -2.30. The van der Waals surface area contributed by atoms with Crippen LogP contribution in [0.3, 0.4) is 0 Å². The van der Waals surface area contributed by atoms with E-state index in [4.69, 9.17) is 0 Å². The summed E-state index contributed by atoms with van der Waals surface area (Å²) in [7, 11) is -3.88. The first kappa shape index (κ1) is 22.4. The molecule has 0 aromatic heterocycles. The maximum absolute atomic E-state index is 13.0. The van der Waals surface area contributed by atoms with Gasteiger partial charge in [0.1, 0.15) is 0 Å². The van der Waals surface area contributed by atoms with Gasteiger partial charge in [0.05, 0.1) is 9.82 Å². The number of aryl methyl sites for hydroxylation is 2. The Balaban J connectivity index is 1.70. The van der Waals surface area contributed by atoms with Gasteiger partial charge in [0.15, 0.2) is 0 Å². The lowest BCUT2D eigenvalue weighted by atomic mass is 9.97. The first-order valence-corrected chi connectivity index (χ1v) is 11.6. The van der Waals surface area contributed by atoms with Crippen LogP contribution in [0.5, 0.6) is 0 Å². The van der Waals surface area contributed by atoms with Crippen molar-refractivity contribution in [1.29, 1.82) is 0 Å². The molecule has 0 aliphatic carbocycles. The highest BCUT2D eigenvalue weighted by Crippen LogP contribution is 2.29. The van der Waals surface area contributed by atoms with Gasteiger partial charge >= 0.3 is 0 Å². The third-order valence-electron chi connectivity index (χ3n) is 5.28. The number of halogens is 1. The van der Waals surface area contributed by atoms with Gasteiger partial charge in [0.25, 0.3) is 5.69 Å². The van der Waals surface area contributed by atoms with Gasteiger partial charge in [-0.15, -0.1) is 0 Å². The molecule has 10 heteroatoms. The molecule has 8 nitrogen and oxygen atoms in total. The van der Waals surface area contributed by atoms with Crippen molar-refractivity contribution in [2.45, 2.75) is 31.6 Å². The Morgan fingerprint density at radius 3 is 2.40 bits per heavy atom. The Kier molecular flexibility index (Phi) is 6.59. The minimum absolute atomic E-state index is 0.0654. The van der Waals surface area contributed by atoms with Gasteiger partial charge in [-0.05, 0) is 49.9 Å². The Labute approximate surface area is 183 Å². The van der Waals surface area contributed by atoms with Crippen molar-refractivity contribution >= 4 is 43.2 Å². The molecule has 2 aromatic rings. The van der Waals surface area contributed by atoms with E-state index in [1.54, 1.807) is 6.92 Å². The van der Waals surface area contributed by atoms with Crippen molar-refractivity contribution < 1.29 is 18.1 Å². The fraction of sp³-hybridized carbons (Fsp3) is 0.350. The fourth-order valence-corrected chi connectivity index (χ4v) is 5.52. The molecule has 3 rings (SSSR count). The molecule has 1 fully saturated rings. The van der Waals surface area contributed by atoms with Crippen LogP contribution in [0.4, 0.5) is 11.4 Å². The molecule has 0 saturated carbocycles. The highest BCUT2D eigenvalue weighted by atomic mass is 79.9. The predicted octanol–water partition coefficient (Wildman–Crippen LogP) is 4.01. The van der Waals surface area contributed by atoms with Crippen LogP contribution in [0.25, 0.3) is 0 Å². The molecule has 0 unspecified atom stereocenters. The minimum atomic E-state index is -3.88. The van der Waals surface area contributed by atoms with Gasteiger partial charge in [-0.1, -0.05) is 28.1 Å². The fourth-order valence-electron chi connectivity index (χ4n) is 3.44. The molecular weight excluding hydrogens is 474 g/mol. The molecule has 30 heavy (non-hydrogen) atoms. The van der Waals surface area contributed by atoms with E-state index < -0.39 is 14.9 Å². The normalized spacial score (nSPS) is 15.7. The Morgan fingerprint density at radius 2 is 1.77 bits per heavy atom. The quantitative estimate of drug-likeness (QED) is 0.497. The molecule has 0 atom stereocenters. The molecule has 2 aromatic carbocycles. The number of amides is 1. The van der Waals surface area contributed by atoms with Crippen molar-refractivity contribution in [3.63, 3.8) is 0 Å². The van der Waals surface area contributed by atoms with E-state index in [-0.39, 0.29) is 35.5 Å². The van der Waals surface area contributed by atoms with Crippen molar-refractivity contribution in [2.24, 2.45) is 5.92 Å². The van der Waals surface area contributed by atoms with Crippen LogP contribution >= 0.6 is 15.9 Å². The third-order valence-corrected chi connectivity index (χ3v) is 7.82. The van der Waals surface area contributed by atoms with E-state index in [1.165, 1.54) is 16.4 Å². The van der Waals surface area contributed by atoms with Gasteiger partial charge in [0.2, 0.25) is 15.9 Å². The number of sulfonamides is 1. The number of nitrogens with zero attached hydrogens (tertiary/aromatic N) is 2. The van der Waals surface area contributed by atoms with Crippen molar-refractivity contribution in [3.8, 4) is 0 Å². The number of rotatable bonds is 5. The molecule has 1 saturated heterocycles. The third kappa shape index (κ3) is 4.71. The van der Waals surface area contributed by atoms with E-state index >= 15 is 0 Å². The number of benzene rings is 2. The van der Waals surface area contributed by atoms with Crippen LogP contribution in [-0.4, -0.2) is 36.6 Å². The zero-order valence-electron chi connectivity index (χ0n) is 16.6. The largest absolute Gasteiger partial charge is 0.326 e. The number of piperidine rings is 1. The first-order chi connectivity index (χ1) is 14.1. The summed E-state index contributed by atoms with van der Waals surface area (Å²) in [5, 5.41) is 14.0. The minimum Gasteiger partial charge on any atom is -0.326 e. The summed E-state index contributed by atoms with van der Waals surface area (Å²) >= 11 is 3.39. The topological polar surface area (TPSA) is 110 Å². The zero-order valence-corrected chi connectivity index (χ0v) is 19.0. The smallest absolute Gasteiger partial charge is 0.270 e. The predicted molar refractivity (Wildman–Crippen MR) is 117 cm³/mol. The second-order valence-corrected chi connectivity index (χ2v) is 10.2. The van der Waals surface area contributed by atoms with Crippen LogP contribution in [0.2, 0.25) is 0 Å². The summed E-state index contributed by atoms with van der Waals surface area (Å²) in [6.45, 7) is 3.87. The Morgan fingerprint density at radius 1 is 1.13 bits per heavy atom. The SMILES string of the molecule is Cc1ccc(Br)cc1NC(=O)C1CCN(S(=O)(=O)c2cc([N+](=O)[O-])ccc2C)CC1. The highest BCUT2D eigenvalue weighted by molar-refractivity contribution is 9.10. The van der Waals surface area contributed by atoms with Gasteiger partial charge in [-0.3, -0.25) is 14.9 Å². The number of nitro groups is 1. The second kappa shape index (κ2) is 8.83. The summed E-state index contributed by atoms with van der Waals surface area (Å²) < 4.78 is 28.2. The standard InChI is InChI=1S/C20H22BrN3O5S/c1-13-3-5-16(21)11-18(13)22-20(25)15-7-9-23(10-8-15)30(28,29)19-12-17(24(26)27)6-4-14(19)2/h3-6,11-12,15H,7-10H2,1-2H3,(H,22,25). The maximum Gasteiger partial charge on any atom is 0.270 e. The van der Waals surface area contributed by atoms with Crippen molar-refractivity contribution in [3.05, 3.63) is 62.1 Å². The number of hydrogen-bond donors (Lipinski definition) is 1. The van der Waals surface area contributed by atoms with Crippen molar-refractivity contribution in [1.82, 2.24) is 4.31 Å². The lowest BCUT2D eigenvalue weighted by molar-refractivity contribution is -0.385. The van der Waals surface area contributed by atoms with Crippen molar-refractivity contribution in [2.75, 3.05) is 18.4 Å². The van der Waals surface area contributed by atoms with Gasteiger partial charge in [-0.2, -0.15) is 4.31 Å². The first-order valence-electron chi connectivity index (χ1n) is 9.42. The maximum atomic E-state index is 13.0. The molecule has 1 aliphatic rings. The molecule has 1 aliphatic heterocycles. The van der Waals surface area contributed by atoms with Crippen LogP contribution in [0, 0.1) is 29.9 Å². The van der Waals surface area contributed by atoms with Crippen LogP contribution in [0.1, 0.15) is 24.0 Å². The molecule has 160 valence electrons. The number of hydrogen-bond acceptors (Lipinski definition) is 5. The number of anilines is 1. The average molecular weight is 496 g/mol. The lowest BCUT2D eigenvalue weighted by Gasteiger charge is -2.31.